The van der Waals surface area contributed by atoms with Gasteiger partial charge in [-0.15, -0.1) is 0 Å². The van der Waals surface area contributed by atoms with E-state index in [0.717, 1.165) is 5.41 Å². The summed E-state index contributed by atoms with van der Waals surface area (Å²) in [6, 6.07) is 0. The van der Waals surface area contributed by atoms with Gasteiger partial charge in [-0.1, -0.05) is 67.2 Å². The molecule has 0 saturated heterocycles. The summed E-state index contributed by atoms with van der Waals surface area (Å²) in [7, 11) is 0. The minimum atomic E-state index is 0.851. The van der Waals surface area contributed by atoms with E-state index in [1.165, 1.54) is 51.4 Å². The van der Waals surface area contributed by atoms with Crippen molar-refractivity contribution in [2.45, 2.75) is 92.9 Å². The van der Waals surface area contributed by atoms with E-state index >= 15 is 0 Å². The van der Waals surface area contributed by atoms with Gasteiger partial charge in [0, 0.05) is 0 Å². The summed E-state index contributed by atoms with van der Waals surface area (Å²) in [5.41, 5.74) is 0.851. The van der Waals surface area contributed by atoms with Gasteiger partial charge in [-0.3, -0.25) is 0 Å². The Hall–Kier alpha value is 0. The molecule has 1 saturated carbocycles. The van der Waals surface area contributed by atoms with E-state index in [1.54, 1.807) is 0 Å². The number of rotatable bonds is 6. The largest absolute Gasteiger partial charge is 0.0683 e. The van der Waals surface area contributed by atoms with Crippen molar-refractivity contribution < 1.29 is 0 Å². The molecule has 0 N–H and O–H groups in total. The van der Waals surface area contributed by atoms with E-state index in [2.05, 4.69) is 13.8 Å². The molecule has 0 aromatic carbocycles. The first-order chi connectivity index (χ1) is 7.33. The predicted molar refractivity (Wildman–Crippen MR) is 73.4 cm³/mol. The van der Waals surface area contributed by atoms with E-state index in [9.17, 15) is 0 Å². The third-order valence-electron chi connectivity index (χ3n) is 3.05. The van der Waals surface area contributed by atoms with Gasteiger partial charge in [0.05, 0.1) is 0 Å². The lowest BCUT2D eigenvalue weighted by atomic mass is 9.94. The van der Waals surface area contributed by atoms with Gasteiger partial charge in [0.2, 0.25) is 0 Å². The smallest absolute Gasteiger partial charge is 0.0297 e. The highest BCUT2D eigenvalue weighted by molar-refractivity contribution is 4.91. The molecular weight excluding hydrogens is 180 g/mol. The highest BCUT2D eigenvalue weighted by Crippen LogP contribution is 2.53. The Morgan fingerprint density at radius 2 is 1.27 bits per heavy atom. The maximum Gasteiger partial charge on any atom is -0.0297 e. The summed E-state index contributed by atoms with van der Waals surface area (Å²) >= 11 is 0. The molecule has 1 aliphatic rings. The van der Waals surface area contributed by atoms with Gasteiger partial charge in [0.1, 0.15) is 0 Å². The van der Waals surface area contributed by atoms with Crippen molar-refractivity contribution in [1.82, 2.24) is 0 Å². The van der Waals surface area contributed by atoms with Crippen molar-refractivity contribution in [3.63, 3.8) is 0 Å². The molecule has 15 heavy (non-hydrogen) atoms. The van der Waals surface area contributed by atoms with E-state index in [1.807, 2.05) is 27.7 Å². The molecule has 1 aliphatic carbocycles. The zero-order valence-corrected chi connectivity index (χ0v) is 12.2. The summed E-state index contributed by atoms with van der Waals surface area (Å²) in [6.07, 6.45) is 11.8. The topological polar surface area (TPSA) is 0 Å². The van der Waals surface area contributed by atoms with Crippen LogP contribution in [0.1, 0.15) is 92.9 Å². The van der Waals surface area contributed by atoms with Gasteiger partial charge in [0.15, 0.2) is 0 Å². The molecular formula is C15H34. The van der Waals surface area contributed by atoms with Crippen LogP contribution in [0.25, 0.3) is 0 Å². The van der Waals surface area contributed by atoms with Gasteiger partial charge < -0.3 is 0 Å². The lowest BCUT2D eigenvalue weighted by Gasteiger charge is -2.12. The first-order valence-corrected chi connectivity index (χ1v) is 7.33. The highest BCUT2D eigenvalue weighted by atomic mass is 14.4. The van der Waals surface area contributed by atoms with E-state index in [0.29, 0.717) is 0 Å². The standard InChI is InChI=1S/C11H22.2C2H6/c1-3-5-6-8-11(7-4-2)9-10-11;2*1-2/h3-10H2,1-2H3;2*1-2H3. The molecule has 0 radical (unpaired) electrons. The summed E-state index contributed by atoms with van der Waals surface area (Å²) in [5.74, 6) is 0. The average Bonchev–Trinajstić information content (AvgIpc) is 3.05. The van der Waals surface area contributed by atoms with Gasteiger partial charge in [-0.25, -0.2) is 0 Å². The Kier molecular flexibility index (Phi) is 14.0. The molecule has 0 aliphatic heterocycles. The van der Waals surface area contributed by atoms with Crippen molar-refractivity contribution >= 4 is 0 Å². The highest BCUT2D eigenvalue weighted by Gasteiger charge is 2.40. The lowest BCUT2D eigenvalue weighted by molar-refractivity contribution is 0.403. The quantitative estimate of drug-likeness (QED) is 0.462. The van der Waals surface area contributed by atoms with Crippen LogP contribution in [0.5, 0.6) is 0 Å². The van der Waals surface area contributed by atoms with Crippen molar-refractivity contribution in [3.05, 3.63) is 0 Å². The van der Waals surface area contributed by atoms with Gasteiger partial charge >= 0.3 is 0 Å². The fourth-order valence-electron chi connectivity index (χ4n) is 2.08. The molecule has 0 atom stereocenters. The lowest BCUT2D eigenvalue weighted by Crippen LogP contribution is -1.98. The maximum atomic E-state index is 2.32. The minimum Gasteiger partial charge on any atom is -0.0683 e. The second-order valence-electron chi connectivity index (χ2n) is 4.21. The van der Waals surface area contributed by atoms with Crippen LogP contribution >= 0.6 is 0 Å². The normalized spacial score (nSPS) is 15.6. The summed E-state index contributed by atoms with van der Waals surface area (Å²) < 4.78 is 0. The zero-order valence-electron chi connectivity index (χ0n) is 12.2. The van der Waals surface area contributed by atoms with Crippen molar-refractivity contribution in [2.24, 2.45) is 5.41 Å². The average molecular weight is 214 g/mol. The summed E-state index contributed by atoms with van der Waals surface area (Å²) in [5, 5.41) is 0. The van der Waals surface area contributed by atoms with Gasteiger partial charge in [0.25, 0.3) is 0 Å². The van der Waals surface area contributed by atoms with Crippen LogP contribution in [0.2, 0.25) is 0 Å². The molecule has 0 heterocycles. The molecule has 0 aromatic rings. The zero-order chi connectivity index (χ0) is 12.2. The Bertz CT molecular complexity index is 101. The Balaban J connectivity index is 0. The van der Waals surface area contributed by atoms with Crippen LogP contribution in [0.3, 0.4) is 0 Å². The van der Waals surface area contributed by atoms with Gasteiger partial charge in [-0.2, -0.15) is 0 Å². The maximum absolute atomic E-state index is 2.32. The molecule has 1 rings (SSSR count). The molecule has 0 aromatic heterocycles. The van der Waals surface area contributed by atoms with E-state index < -0.39 is 0 Å². The molecule has 1 fully saturated rings. The van der Waals surface area contributed by atoms with Crippen molar-refractivity contribution in [3.8, 4) is 0 Å². The van der Waals surface area contributed by atoms with Gasteiger partial charge in [-0.05, 0) is 31.1 Å². The number of hydrogen-bond acceptors (Lipinski definition) is 0. The van der Waals surface area contributed by atoms with Crippen molar-refractivity contribution in [2.75, 3.05) is 0 Å². The third kappa shape index (κ3) is 8.96. The summed E-state index contributed by atoms with van der Waals surface area (Å²) in [4.78, 5) is 0. The second kappa shape index (κ2) is 12.1. The first kappa shape index (κ1) is 17.4. The van der Waals surface area contributed by atoms with Crippen molar-refractivity contribution in [1.29, 1.82) is 0 Å². The van der Waals surface area contributed by atoms with Crippen LogP contribution in [0, 0.1) is 5.41 Å². The second-order valence-corrected chi connectivity index (χ2v) is 4.21. The van der Waals surface area contributed by atoms with Crippen LogP contribution < -0.4 is 0 Å². The predicted octanol–water partition coefficient (Wildman–Crippen LogP) is 6.20. The van der Waals surface area contributed by atoms with Crippen LogP contribution in [0.4, 0.5) is 0 Å². The molecule has 0 bridgehead atoms. The number of unbranched alkanes of at least 4 members (excludes halogenated alkanes) is 2. The fraction of sp³-hybridized carbons (Fsp3) is 1.00. The van der Waals surface area contributed by atoms with Crippen LogP contribution in [0.15, 0.2) is 0 Å². The Morgan fingerprint density at radius 1 is 0.733 bits per heavy atom. The van der Waals surface area contributed by atoms with Crippen LogP contribution in [-0.2, 0) is 0 Å². The molecule has 0 unspecified atom stereocenters. The molecule has 0 spiro atoms. The fourth-order valence-corrected chi connectivity index (χ4v) is 2.08. The Morgan fingerprint density at radius 3 is 1.60 bits per heavy atom. The molecule has 0 amide bonds. The first-order valence-electron chi connectivity index (χ1n) is 7.33. The third-order valence-corrected chi connectivity index (χ3v) is 3.05. The molecule has 94 valence electrons. The minimum absolute atomic E-state index is 0.851. The molecule has 0 heteroatoms. The number of hydrogen-bond donors (Lipinski definition) is 0. The Labute approximate surface area is 98.9 Å². The SMILES string of the molecule is CC.CC.CCCCCC1(CCC)CC1. The van der Waals surface area contributed by atoms with Crippen LogP contribution in [-0.4, -0.2) is 0 Å². The van der Waals surface area contributed by atoms with E-state index in [-0.39, 0.29) is 0 Å². The van der Waals surface area contributed by atoms with E-state index in [4.69, 9.17) is 0 Å². The molecule has 0 nitrogen and oxygen atoms in total. The monoisotopic (exact) mass is 214 g/mol. The summed E-state index contributed by atoms with van der Waals surface area (Å²) in [6.45, 7) is 12.6.